The first-order valence-corrected chi connectivity index (χ1v) is 5.17. The van der Waals surface area contributed by atoms with Gasteiger partial charge in [-0.2, -0.15) is 0 Å². The Morgan fingerprint density at radius 1 is 1.79 bits per heavy atom. The standard InChI is InChI=1S/C10H13BrO3/c1-6(10(13)14-2)7-3-8(11)5-9(12)4-7/h3,5-6,9,12H,4H2,1-2H3. The largest absolute Gasteiger partial charge is 0.469 e. The van der Waals surface area contributed by atoms with Crippen LogP contribution in [0.4, 0.5) is 0 Å². The molecule has 0 bridgehead atoms. The van der Waals surface area contributed by atoms with Crippen LogP contribution in [0.2, 0.25) is 0 Å². The van der Waals surface area contributed by atoms with Gasteiger partial charge >= 0.3 is 5.97 Å². The zero-order valence-corrected chi connectivity index (χ0v) is 9.74. The van der Waals surface area contributed by atoms with E-state index >= 15 is 0 Å². The summed E-state index contributed by atoms with van der Waals surface area (Å²) in [5, 5.41) is 9.45. The second-order valence-corrected chi connectivity index (χ2v) is 4.20. The highest BCUT2D eigenvalue weighted by Gasteiger charge is 2.22. The van der Waals surface area contributed by atoms with Crippen molar-refractivity contribution in [1.82, 2.24) is 0 Å². The Morgan fingerprint density at radius 2 is 2.43 bits per heavy atom. The van der Waals surface area contributed by atoms with Crippen LogP contribution < -0.4 is 0 Å². The number of halogens is 1. The number of ether oxygens (including phenoxy) is 1. The van der Waals surface area contributed by atoms with E-state index in [0.29, 0.717) is 6.42 Å². The third-order valence-electron chi connectivity index (χ3n) is 2.23. The van der Waals surface area contributed by atoms with Crippen molar-refractivity contribution in [3.05, 3.63) is 22.2 Å². The summed E-state index contributed by atoms with van der Waals surface area (Å²) < 4.78 is 5.45. The van der Waals surface area contributed by atoms with Gasteiger partial charge in [0.15, 0.2) is 0 Å². The molecule has 0 aromatic carbocycles. The minimum Gasteiger partial charge on any atom is -0.469 e. The molecular weight excluding hydrogens is 248 g/mol. The molecule has 0 heterocycles. The van der Waals surface area contributed by atoms with Gasteiger partial charge in [0.05, 0.1) is 19.1 Å². The maximum Gasteiger partial charge on any atom is 0.312 e. The number of hydrogen-bond donors (Lipinski definition) is 1. The van der Waals surface area contributed by atoms with Crippen LogP contribution in [0.5, 0.6) is 0 Å². The molecule has 0 aliphatic heterocycles. The molecule has 0 radical (unpaired) electrons. The third-order valence-corrected chi connectivity index (χ3v) is 2.72. The number of aliphatic hydroxyl groups excluding tert-OH is 1. The van der Waals surface area contributed by atoms with E-state index in [4.69, 9.17) is 0 Å². The fraction of sp³-hybridized carbons (Fsp3) is 0.500. The molecule has 1 aliphatic rings. The molecule has 1 rings (SSSR count). The number of carbonyl (C=O) groups is 1. The van der Waals surface area contributed by atoms with Crippen LogP contribution in [-0.4, -0.2) is 24.3 Å². The van der Waals surface area contributed by atoms with Crippen LogP contribution in [0, 0.1) is 5.92 Å². The third kappa shape index (κ3) is 2.69. The minimum absolute atomic E-state index is 0.273. The van der Waals surface area contributed by atoms with Crippen molar-refractivity contribution in [2.24, 2.45) is 5.92 Å². The van der Waals surface area contributed by atoms with E-state index in [-0.39, 0.29) is 11.9 Å². The van der Waals surface area contributed by atoms with Crippen molar-refractivity contribution < 1.29 is 14.6 Å². The van der Waals surface area contributed by atoms with Gasteiger partial charge in [0.1, 0.15) is 0 Å². The molecule has 4 heteroatoms. The molecule has 1 N–H and O–H groups in total. The predicted molar refractivity (Wildman–Crippen MR) is 56.9 cm³/mol. The summed E-state index contributed by atoms with van der Waals surface area (Å²) >= 11 is 3.28. The van der Waals surface area contributed by atoms with Gasteiger partial charge in [-0.3, -0.25) is 4.79 Å². The highest BCUT2D eigenvalue weighted by Crippen LogP contribution is 2.27. The van der Waals surface area contributed by atoms with Crippen molar-refractivity contribution >= 4 is 21.9 Å². The zero-order chi connectivity index (χ0) is 10.7. The van der Waals surface area contributed by atoms with Gasteiger partial charge in [-0.05, 0) is 25.5 Å². The smallest absolute Gasteiger partial charge is 0.312 e. The average Bonchev–Trinajstić information content (AvgIpc) is 2.14. The molecule has 14 heavy (non-hydrogen) atoms. The summed E-state index contributed by atoms with van der Waals surface area (Å²) in [6.07, 6.45) is 3.53. The van der Waals surface area contributed by atoms with E-state index in [2.05, 4.69) is 20.7 Å². The quantitative estimate of drug-likeness (QED) is 0.770. The van der Waals surface area contributed by atoms with Crippen molar-refractivity contribution in [1.29, 1.82) is 0 Å². The lowest BCUT2D eigenvalue weighted by atomic mass is 9.92. The fourth-order valence-corrected chi connectivity index (χ4v) is 2.00. The van der Waals surface area contributed by atoms with Gasteiger partial charge in [-0.15, -0.1) is 0 Å². The zero-order valence-electron chi connectivity index (χ0n) is 8.16. The lowest BCUT2D eigenvalue weighted by molar-refractivity contribution is -0.143. The SMILES string of the molecule is COC(=O)C(C)C1=CC(Br)=CC(O)C1. The van der Waals surface area contributed by atoms with Crippen molar-refractivity contribution in [2.45, 2.75) is 19.4 Å². The summed E-state index contributed by atoms with van der Waals surface area (Å²) in [5.41, 5.74) is 0.888. The number of rotatable bonds is 2. The highest BCUT2D eigenvalue weighted by molar-refractivity contribution is 9.11. The molecule has 0 amide bonds. The highest BCUT2D eigenvalue weighted by atomic mass is 79.9. The van der Waals surface area contributed by atoms with Crippen molar-refractivity contribution in [2.75, 3.05) is 7.11 Å². The molecule has 0 aromatic heterocycles. The van der Waals surface area contributed by atoms with Crippen LogP contribution in [0.1, 0.15) is 13.3 Å². The molecule has 78 valence electrons. The second-order valence-electron chi connectivity index (χ2n) is 3.29. The second kappa shape index (κ2) is 4.75. The van der Waals surface area contributed by atoms with Gasteiger partial charge in [-0.1, -0.05) is 21.5 Å². The number of hydrogen-bond acceptors (Lipinski definition) is 3. The molecule has 0 saturated heterocycles. The molecule has 0 spiro atoms. The molecule has 2 unspecified atom stereocenters. The van der Waals surface area contributed by atoms with Gasteiger partial charge in [-0.25, -0.2) is 0 Å². The van der Waals surface area contributed by atoms with Crippen LogP contribution in [0.15, 0.2) is 22.2 Å². The van der Waals surface area contributed by atoms with Gasteiger partial charge < -0.3 is 9.84 Å². The van der Waals surface area contributed by atoms with E-state index < -0.39 is 6.10 Å². The lowest BCUT2D eigenvalue weighted by Crippen LogP contribution is -2.20. The van der Waals surface area contributed by atoms with Gasteiger partial charge in [0.2, 0.25) is 0 Å². The van der Waals surface area contributed by atoms with E-state index in [1.807, 2.05) is 6.08 Å². The van der Waals surface area contributed by atoms with Crippen LogP contribution in [0.25, 0.3) is 0 Å². The van der Waals surface area contributed by atoms with Crippen molar-refractivity contribution in [3.8, 4) is 0 Å². The molecule has 0 aromatic rings. The first-order chi connectivity index (χ1) is 6.54. The fourth-order valence-electron chi connectivity index (χ4n) is 1.40. The minimum atomic E-state index is -0.517. The van der Waals surface area contributed by atoms with E-state index in [1.165, 1.54) is 7.11 Å². The first-order valence-electron chi connectivity index (χ1n) is 4.38. The summed E-state index contributed by atoms with van der Waals surface area (Å²) in [6.45, 7) is 1.77. The number of esters is 1. The van der Waals surface area contributed by atoms with E-state index in [0.717, 1.165) is 10.1 Å². The van der Waals surface area contributed by atoms with Gasteiger partial charge in [0.25, 0.3) is 0 Å². The molecule has 1 aliphatic carbocycles. The Morgan fingerprint density at radius 3 is 2.93 bits per heavy atom. The normalized spacial score (nSPS) is 23.6. The summed E-state index contributed by atoms with van der Waals surface area (Å²) in [5.74, 6) is -0.568. The molecule has 2 atom stereocenters. The number of aliphatic hydroxyl groups is 1. The number of methoxy groups -OCH3 is 1. The van der Waals surface area contributed by atoms with E-state index in [1.54, 1.807) is 13.0 Å². The van der Waals surface area contributed by atoms with Crippen LogP contribution in [0.3, 0.4) is 0 Å². The Kier molecular flexibility index (Phi) is 3.89. The van der Waals surface area contributed by atoms with Crippen LogP contribution >= 0.6 is 15.9 Å². The Balaban J connectivity index is 2.78. The Bertz CT molecular complexity index is 294. The summed E-state index contributed by atoms with van der Waals surface area (Å²) in [7, 11) is 1.36. The molecule has 3 nitrogen and oxygen atoms in total. The predicted octanol–water partition coefficient (Wildman–Crippen LogP) is 1.77. The summed E-state index contributed by atoms with van der Waals surface area (Å²) in [4.78, 5) is 11.2. The summed E-state index contributed by atoms with van der Waals surface area (Å²) in [6, 6.07) is 0. The topological polar surface area (TPSA) is 46.5 Å². The Labute approximate surface area is 91.6 Å². The number of carbonyl (C=O) groups excluding carboxylic acids is 1. The maximum atomic E-state index is 11.2. The van der Waals surface area contributed by atoms with Crippen molar-refractivity contribution in [3.63, 3.8) is 0 Å². The first kappa shape index (κ1) is 11.5. The monoisotopic (exact) mass is 260 g/mol. The van der Waals surface area contributed by atoms with Gasteiger partial charge in [0, 0.05) is 4.48 Å². The molecule has 0 saturated carbocycles. The van der Waals surface area contributed by atoms with E-state index in [9.17, 15) is 9.90 Å². The number of allylic oxidation sites excluding steroid dienone is 2. The Hall–Kier alpha value is -0.610. The molecule has 0 fully saturated rings. The lowest BCUT2D eigenvalue weighted by Gasteiger charge is -2.19. The molecular formula is C10H13BrO3. The maximum absolute atomic E-state index is 11.2. The average molecular weight is 261 g/mol. The van der Waals surface area contributed by atoms with Crippen LogP contribution in [-0.2, 0) is 9.53 Å².